The molecular weight excluding hydrogens is 328 g/mol. The van der Waals surface area contributed by atoms with Crippen molar-refractivity contribution in [1.82, 2.24) is 0 Å². The molecule has 3 rings (SSSR count). The van der Waals surface area contributed by atoms with E-state index in [-0.39, 0.29) is 11.7 Å². The Kier molecular flexibility index (Phi) is 4.45. The van der Waals surface area contributed by atoms with Crippen LogP contribution in [0.25, 0.3) is 0 Å². The second kappa shape index (κ2) is 6.02. The van der Waals surface area contributed by atoms with Crippen molar-refractivity contribution in [2.75, 3.05) is 6.61 Å². The van der Waals surface area contributed by atoms with Crippen LogP contribution in [-0.2, 0) is 4.74 Å². The quantitative estimate of drug-likeness (QED) is 0.825. The van der Waals surface area contributed by atoms with Crippen molar-refractivity contribution < 1.29 is 9.84 Å². The van der Waals surface area contributed by atoms with Crippen LogP contribution in [0.1, 0.15) is 61.3 Å². The lowest BCUT2D eigenvalue weighted by molar-refractivity contribution is -0.113. The van der Waals surface area contributed by atoms with E-state index in [0.29, 0.717) is 5.92 Å². The molecule has 0 bridgehead atoms. The van der Waals surface area contributed by atoms with Crippen LogP contribution < -0.4 is 0 Å². The summed E-state index contributed by atoms with van der Waals surface area (Å²) in [7, 11) is 0. The number of aliphatic hydroxyl groups is 1. The van der Waals surface area contributed by atoms with Crippen LogP contribution in [0.4, 0.5) is 0 Å². The van der Waals surface area contributed by atoms with Gasteiger partial charge in [0.05, 0.1) is 11.7 Å². The lowest BCUT2D eigenvalue weighted by Gasteiger charge is -2.40. The minimum absolute atomic E-state index is 0.0728. The van der Waals surface area contributed by atoms with Gasteiger partial charge in [0.1, 0.15) is 0 Å². The molecule has 1 saturated heterocycles. The van der Waals surface area contributed by atoms with Gasteiger partial charge in [-0.1, -0.05) is 40.9 Å². The molecule has 0 radical (unpaired) electrons. The number of aliphatic hydroxyl groups excluding tert-OH is 1. The molecule has 1 aliphatic heterocycles. The Balaban J connectivity index is 1.79. The maximum Gasteiger partial charge on any atom is 0.0820 e. The maximum atomic E-state index is 10.9. The van der Waals surface area contributed by atoms with E-state index in [4.69, 9.17) is 4.74 Å². The van der Waals surface area contributed by atoms with Gasteiger partial charge >= 0.3 is 0 Å². The molecule has 0 aromatic heterocycles. The van der Waals surface area contributed by atoms with Crippen LogP contribution in [0.15, 0.2) is 16.6 Å². The minimum atomic E-state index is -0.364. The van der Waals surface area contributed by atoms with E-state index in [1.807, 2.05) is 0 Å². The Morgan fingerprint density at radius 1 is 1.24 bits per heavy atom. The Morgan fingerprint density at radius 2 is 1.86 bits per heavy atom. The molecule has 1 aromatic carbocycles. The zero-order valence-electron chi connectivity index (χ0n) is 13.0. The number of benzene rings is 1. The molecule has 1 N–H and O–H groups in total. The normalized spacial score (nSPS) is 26.2. The highest BCUT2D eigenvalue weighted by Crippen LogP contribution is 2.45. The van der Waals surface area contributed by atoms with Gasteiger partial charge in [0.25, 0.3) is 0 Å². The SMILES string of the molecule is Cc1cc(C(O)C2CCOC3(CCCC3)C2)cc(C)c1Br. The summed E-state index contributed by atoms with van der Waals surface area (Å²) in [5.41, 5.74) is 3.54. The molecule has 2 fully saturated rings. The number of rotatable bonds is 2. The molecule has 1 aromatic rings. The summed E-state index contributed by atoms with van der Waals surface area (Å²) >= 11 is 3.61. The monoisotopic (exact) mass is 352 g/mol. The second-order valence-corrected chi connectivity index (χ2v) is 7.70. The van der Waals surface area contributed by atoms with E-state index in [1.54, 1.807) is 0 Å². The zero-order chi connectivity index (χ0) is 15.0. The van der Waals surface area contributed by atoms with Crippen LogP contribution in [-0.4, -0.2) is 17.3 Å². The van der Waals surface area contributed by atoms with Crippen LogP contribution in [0.3, 0.4) is 0 Å². The highest BCUT2D eigenvalue weighted by molar-refractivity contribution is 9.10. The van der Waals surface area contributed by atoms with E-state index >= 15 is 0 Å². The fourth-order valence-corrected chi connectivity index (χ4v) is 4.35. The summed E-state index contributed by atoms with van der Waals surface area (Å²) in [6.45, 7) is 4.99. The lowest BCUT2D eigenvalue weighted by atomic mass is 9.79. The summed E-state index contributed by atoms with van der Waals surface area (Å²) in [5.74, 6) is 0.330. The Bertz CT molecular complexity index is 497. The van der Waals surface area contributed by atoms with Gasteiger partial charge in [0, 0.05) is 11.1 Å². The molecule has 2 nitrogen and oxygen atoms in total. The van der Waals surface area contributed by atoms with Crippen LogP contribution in [0, 0.1) is 19.8 Å². The molecule has 2 unspecified atom stereocenters. The van der Waals surface area contributed by atoms with Crippen molar-refractivity contribution in [1.29, 1.82) is 0 Å². The topological polar surface area (TPSA) is 29.5 Å². The van der Waals surface area contributed by atoms with Gasteiger partial charge in [-0.25, -0.2) is 0 Å². The Morgan fingerprint density at radius 3 is 2.48 bits per heavy atom. The Labute approximate surface area is 136 Å². The molecule has 116 valence electrons. The molecule has 1 heterocycles. The summed E-state index contributed by atoms with van der Waals surface area (Å²) in [4.78, 5) is 0. The van der Waals surface area contributed by atoms with Crippen molar-refractivity contribution in [3.63, 3.8) is 0 Å². The predicted octanol–water partition coefficient (Wildman–Crippen LogP) is 4.84. The van der Waals surface area contributed by atoms with Gasteiger partial charge in [0.15, 0.2) is 0 Å². The lowest BCUT2D eigenvalue weighted by Crippen LogP contribution is -2.39. The summed E-state index contributed by atoms with van der Waals surface area (Å²) in [6.07, 6.45) is 6.53. The smallest absolute Gasteiger partial charge is 0.0820 e. The molecule has 0 amide bonds. The first-order chi connectivity index (χ1) is 10.0. The Hall–Kier alpha value is -0.380. The van der Waals surface area contributed by atoms with Crippen LogP contribution >= 0.6 is 15.9 Å². The van der Waals surface area contributed by atoms with E-state index in [2.05, 4.69) is 41.9 Å². The molecule has 1 aliphatic carbocycles. The minimum Gasteiger partial charge on any atom is -0.388 e. The first-order valence-electron chi connectivity index (χ1n) is 8.09. The van der Waals surface area contributed by atoms with Crippen LogP contribution in [0.2, 0.25) is 0 Å². The number of ether oxygens (including phenoxy) is 1. The predicted molar refractivity (Wildman–Crippen MR) is 88.5 cm³/mol. The standard InChI is InChI=1S/C18H25BrO2/c1-12-9-15(10-13(2)16(12)19)17(20)14-5-8-21-18(11-14)6-3-4-7-18/h9-10,14,17,20H,3-8,11H2,1-2H3. The largest absolute Gasteiger partial charge is 0.388 e. The highest BCUT2D eigenvalue weighted by atomic mass is 79.9. The van der Waals surface area contributed by atoms with Gasteiger partial charge in [0.2, 0.25) is 0 Å². The third-order valence-electron chi connectivity index (χ3n) is 5.29. The maximum absolute atomic E-state index is 10.9. The average molecular weight is 353 g/mol. The highest BCUT2D eigenvalue weighted by Gasteiger charge is 2.42. The van der Waals surface area contributed by atoms with Crippen molar-refractivity contribution >= 4 is 15.9 Å². The molecule has 1 saturated carbocycles. The summed E-state index contributed by atoms with van der Waals surface area (Å²) in [6, 6.07) is 4.25. The molecule has 1 spiro atoms. The zero-order valence-corrected chi connectivity index (χ0v) is 14.6. The van der Waals surface area contributed by atoms with Crippen molar-refractivity contribution in [2.24, 2.45) is 5.92 Å². The van der Waals surface area contributed by atoms with E-state index in [0.717, 1.165) is 29.5 Å². The first kappa shape index (κ1) is 15.5. The van der Waals surface area contributed by atoms with E-state index in [1.165, 1.54) is 36.8 Å². The second-order valence-electron chi connectivity index (χ2n) is 6.90. The third-order valence-corrected chi connectivity index (χ3v) is 6.54. The number of halogens is 1. The van der Waals surface area contributed by atoms with Gasteiger partial charge < -0.3 is 9.84 Å². The van der Waals surface area contributed by atoms with Gasteiger partial charge in [-0.3, -0.25) is 0 Å². The molecular formula is C18H25BrO2. The number of hydrogen-bond acceptors (Lipinski definition) is 2. The molecule has 2 atom stereocenters. The van der Waals surface area contributed by atoms with Crippen molar-refractivity contribution in [3.8, 4) is 0 Å². The number of aryl methyl sites for hydroxylation is 2. The van der Waals surface area contributed by atoms with E-state index in [9.17, 15) is 5.11 Å². The molecule has 21 heavy (non-hydrogen) atoms. The molecule has 2 aliphatic rings. The third kappa shape index (κ3) is 3.06. The average Bonchev–Trinajstić information content (AvgIpc) is 2.91. The number of hydrogen-bond donors (Lipinski definition) is 1. The van der Waals surface area contributed by atoms with Gasteiger partial charge in [-0.05, 0) is 62.1 Å². The fourth-order valence-electron chi connectivity index (χ4n) is 4.13. The van der Waals surface area contributed by atoms with E-state index < -0.39 is 0 Å². The van der Waals surface area contributed by atoms with Crippen LogP contribution in [0.5, 0.6) is 0 Å². The van der Waals surface area contributed by atoms with Crippen molar-refractivity contribution in [3.05, 3.63) is 33.3 Å². The van der Waals surface area contributed by atoms with Gasteiger partial charge in [-0.15, -0.1) is 0 Å². The molecule has 3 heteroatoms. The first-order valence-corrected chi connectivity index (χ1v) is 8.89. The van der Waals surface area contributed by atoms with Gasteiger partial charge in [-0.2, -0.15) is 0 Å². The fraction of sp³-hybridized carbons (Fsp3) is 0.667. The summed E-state index contributed by atoms with van der Waals surface area (Å²) in [5, 5.41) is 10.9. The van der Waals surface area contributed by atoms with Crippen molar-refractivity contribution in [2.45, 2.75) is 64.1 Å². The summed E-state index contributed by atoms with van der Waals surface area (Å²) < 4.78 is 7.24.